The highest BCUT2D eigenvalue weighted by molar-refractivity contribution is 5.80. The molecular weight excluding hydrogens is 362 g/mol. The Balaban J connectivity index is 1.93. The topological polar surface area (TPSA) is 84.4 Å². The van der Waals surface area contributed by atoms with Crippen molar-refractivity contribution in [3.05, 3.63) is 71.7 Å². The zero-order valence-electron chi connectivity index (χ0n) is 16.9. The fraction of sp³-hybridized carbons (Fsp3) is 0.227. The lowest BCUT2D eigenvalue weighted by atomic mass is 10.1. The number of nitrogen functional groups attached to an aromatic ring is 1. The van der Waals surface area contributed by atoms with Crippen LogP contribution in [-0.4, -0.2) is 38.3 Å². The SMILES string of the molecule is CC1=CC=C(c2nc3cc(CN(C)C)ccn3c2-c2ccnc(NN)n2)CC=C1. The fourth-order valence-electron chi connectivity index (χ4n) is 3.48. The first-order valence-electron chi connectivity index (χ1n) is 9.55. The summed E-state index contributed by atoms with van der Waals surface area (Å²) in [5, 5.41) is 0. The molecule has 0 saturated carbocycles. The molecular formula is C22H25N7. The van der Waals surface area contributed by atoms with Crippen LogP contribution in [0.1, 0.15) is 24.6 Å². The Morgan fingerprint density at radius 3 is 2.86 bits per heavy atom. The number of anilines is 1. The molecule has 0 saturated heterocycles. The third-order valence-corrected chi connectivity index (χ3v) is 4.79. The number of nitrogens with two attached hydrogens (primary N) is 1. The van der Waals surface area contributed by atoms with Gasteiger partial charge < -0.3 is 4.90 Å². The molecule has 7 heteroatoms. The van der Waals surface area contributed by atoms with Crippen molar-refractivity contribution in [2.24, 2.45) is 5.84 Å². The van der Waals surface area contributed by atoms with Crippen molar-refractivity contribution in [2.75, 3.05) is 19.5 Å². The van der Waals surface area contributed by atoms with E-state index < -0.39 is 0 Å². The van der Waals surface area contributed by atoms with Crippen LogP contribution >= 0.6 is 0 Å². The molecule has 0 spiro atoms. The second-order valence-corrected chi connectivity index (χ2v) is 7.43. The Hall–Kier alpha value is -3.29. The molecule has 0 unspecified atom stereocenters. The van der Waals surface area contributed by atoms with Gasteiger partial charge in [-0.3, -0.25) is 9.83 Å². The van der Waals surface area contributed by atoms with Gasteiger partial charge in [0.25, 0.3) is 0 Å². The van der Waals surface area contributed by atoms with E-state index in [9.17, 15) is 0 Å². The Bertz CT molecular complexity index is 1140. The second kappa shape index (κ2) is 7.98. The predicted octanol–water partition coefficient (Wildman–Crippen LogP) is 3.43. The van der Waals surface area contributed by atoms with Gasteiger partial charge in [-0.25, -0.2) is 20.8 Å². The van der Waals surface area contributed by atoms with Crippen LogP contribution in [0.4, 0.5) is 5.95 Å². The van der Waals surface area contributed by atoms with Crippen LogP contribution in [-0.2, 0) is 6.54 Å². The quantitative estimate of drug-likeness (QED) is 0.515. The molecule has 29 heavy (non-hydrogen) atoms. The van der Waals surface area contributed by atoms with Gasteiger partial charge in [0.2, 0.25) is 5.95 Å². The van der Waals surface area contributed by atoms with Crippen molar-refractivity contribution in [2.45, 2.75) is 19.9 Å². The third-order valence-electron chi connectivity index (χ3n) is 4.79. The van der Waals surface area contributed by atoms with Crippen LogP contribution in [0.15, 0.2) is 60.5 Å². The Kier molecular flexibility index (Phi) is 5.24. The van der Waals surface area contributed by atoms with E-state index in [4.69, 9.17) is 10.8 Å². The summed E-state index contributed by atoms with van der Waals surface area (Å²) in [6, 6.07) is 6.14. The maximum Gasteiger partial charge on any atom is 0.237 e. The van der Waals surface area contributed by atoms with Crippen LogP contribution in [0.2, 0.25) is 0 Å². The molecule has 7 nitrogen and oxygen atoms in total. The van der Waals surface area contributed by atoms with Crippen molar-refractivity contribution in [3.63, 3.8) is 0 Å². The first-order valence-corrected chi connectivity index (χ1v) is 9.55. The van der Waals surface area contributed by atoms with E-state index in [1.165, 1.54) is 11.1 Å². The predicted molar refractivity (Wildman–Crippen MR) is 117 cm³/mol. The largest absolute Gasteiger partial charge is 0.305 e. The smallest absolute Gasteiger partial charge is 0.237 e. The first-order chi connectivity index (χ1) is 14.0. The molecule has 0 fully saturated rings. The van der Waals surface area contributed by atoms with Crippen LogP contribution in [0.5, 0.6) is 0 Å². The van der Waals surface area contributed by atoms with Gasteiger partial charge in [-0.15, -0.1) is 0 Å². The Morgan fingerprint density at radius 2 is 2.07 bits per heavy atom. The minimum atomic E-state index is 0.373. The third kappa shape index (κ3) is 3.96. The highest BCUT2D eigenvalue weighted by Crippen LogP contribution is 2.32. The summed E-state index contributed by atoms with van der Waals surface area (Å²) in [5.41, 5.74) is 9.62. The molecule has 3 N–H and O–H groups in total. The number of allylic oxidation sites excluding steroid dienone is 6. The number of hydrogen-bond donors (Lipinski definition) is 2. The fourth-order valence-corrected chi connectivity index (χ4v) is 3.48. The van der Waals surface area contributed by atoms with Gasteiger partial charge in [0.1, 0.15) is 5.65 Å². The summed E-state index contributed by atoms with van der Waals surface area (Å²) in [7, 11) is 4.12. The number of imidazole rings is 1. The number of aromatic nitrogens is 4. The van der Waals surface area contributed by atoms with Crippen molar-refractivity contribution < 1.29 is 0 Å². The van der Waals surface area contributed by atoms with Crippen molar-refractivity contribution in [3.8, 4) is 11.4 Å². The van der Waals surface area contributed by atoms with Gasteiger partial charge in [-0.2, -0.15) is 0 Å². The molecule has 3 aromatic heterocycles. The van der Waals surface area contributed by atoms with Crippen molar-refractivity contribution in [1.29, 1.82) is 0 Å². The number of rotatable bonds is 5. The number of fused-ring (bicyclic) bond motifs is 1. The highest BCUT2D eigenvalue weighted by atomic mass is 15.3. The van der Waals surface area contributed by atoms with E-state index in [2.05, 4.69) is 88.3 Å². The maximum atomic E-state index is 5.54. The van der Waals surface area contributed by atoms with Gasteiger partial charge in [-0.1, -0.05) is 29.9 Å². The van der Waals surface area contributed by atoms with E-state index >= 15 is 0 Å². The van der Waals surface area contributed by atoms with E-state index in [-0.39, 0.29) is 0 Å². The van der Waals surface area contributed by atoms with Crippen LogP contribution < -0.4 is 11.3 Å². The monoisotopic (exact) mass is 387 g/mol. The van der Waals surface area contributed by atoms with E-state index in [1.807, 2.05) is 6.07 Å². The minimum Gasteiger partial charge on any atom is -0.305 e. The molecule has 0 aliphatic heterocycles. The number of nitrogens with one attached hydrogen (secondary N) is 1. The molecule has 0 atom stereocenters. The molecule has 4 rings (SSSR count). The van der Waals surface area contributed by atoms with Gasteiger partial charge in [0.05, 0.1) is 17.1 Å². The average molecular weight is 387 g/mol. The molecule has 3 heterocycles. The van der Waals surface area contributed by atoms with E-state index in [0.717, 1.165) is 41.3 Å². The summed E-state index contributed by atoms with van der Waals surface area (Å²) in [6.45, 7) is 2.95. The van der Waals surface area contributed by atoms with Crippen LogP contribution in [0, 0.1) is 0 Å². The lowest BCUT2D eigenvalue weighted by molar-refractivity contribution is 0.402. The molecule has 3 aromatic rings. The van der Waals surface area contributed by atoms with Crippen LogP contribution in [0.3, 0.4) is 0 Å². The van der Waals surface area contributed by atoms with Gasteiger partial charge in [-0.05, 0) is 56.8 Å². The van der Waals surface area contributed by atoms with Gasteiger partial charge in [0.15, 0.2) is 0 Å². The normalized spacial score (nSPS) is 14.1. The molecule has 0 bridgehead atoms. The summed E-state index contributed by atoms with van der Waals surface area (Å²) in [4.78, 5) is 15.9. The van der Waals surface area contributed by atoms with E-state index in [0.29, 0.717) is 5.95 Å². The highest BCUT2D eigenvalue weighted by Gasteiger charge is 2.19. The summed E-state index contributed by atoms with van der Waals surface area (Å²) >= 11 is 0. The number of hydrazine groups is 1. The van der Waals surface area contributed by atoms with Crippen LogP contribution in [0.25, 0.3) is 22.6 Å². The molecule has 0 aromatic carbocycles. The Labute approximate surface area is 170 Å². The number of nitrogens with zero attached hydrogens (tertiary/aromatic N) is 5. The Morgan fingerprint density at radius 1 is 1.21 bits per heavy atom. The van der Waals surface area contributed by atoms with Crippen molar-refractivity contribution >= 4 is 17.2 Å². The van der Waals surface area contributed by atoms with E-state index in [1.54, 1.807) is 6.20 Å². The zero-order valence-corrected chi connectivity index (χ0v) is 16.9. The van der Waals surface area contributed by atoms with Gasteiger partial charge in [0, 0.05) is 18.9 Å². The summed E-state index contributed by atoms with van der Waals surface area (Å²) in [6.07, 6.45) is 13.1. The van der Waals surface area contributed by atoms with Crippen molar-refractivity contribution in [1.82, 2.24) is 24.3 Å². The first kappa shape index (κ1) is 19.0. The lowest BCUT2D eigenvalue weighted by Crippen LogP contribution is -2.11. The minimum absolute atomic E-state index is 0.373. The molecule has 0 radical (unpaired) electrons. The number of pyridine rings is 1. The summed E-state index contributed by atoms with van der Waals surface area (Å²) < 4.78 is 2.09. The molecule has 0 amide bonds. The summed E-state index contributed by atoms with van der Waals surface area (Å²) in [5.74, 6) is 5.91. The standard InChI is InChI=1S/C22H25N7/c1-15-5-4-6-17(8-7-15)20-21(18-9-11-24-22(25-18)27-23)29-12-10-16(14-28(2)3)13-19(29)26-20/h4-5,7-13H,6,14,23H2,1-3H3,(H,24,25,27). The second-order valence-electron chi connectivity index (χ2n) is 7.43. The molecule has 148 valence electrons. The number of hydrogen-bond acceptors (Lipinski definition) is 6. The molecule has 1 aliphatic carbocycles. The average Bonchev–Trinajstić information content (AvgIpc) is 2.94. The van der Waals surface area contributed by atoms with Gasteiger partial charge >= 0.3 is 0 Å². The zero-order chi connectivity index (χ0) is 20.4. The lowest BCUT2D eigenvalue weighted by Gasteiger charge is -2.10. The molecule has 1 aliphatic rings. The maximum absolute atomic E-state index is 5.54.